The van der Waals surface area contributed by atoms with Crippen LogP contribution in [0, 0.1) is 17.8 Å². The first-order chi connectivity index (χ1) is 65.1. The Morgan fingerprint density at radius 3 is 1.24 bits per heavy atom. The molecule has 20 rings (SSSR count). The third-order valence-corrected chi connectivity index (χ3v) is 28.9. The molecule has 39 nitrogen and oxygen atoms in total. The summed E-state index contributed by atoms with van der Waals surface area (Å²) in [4.78, 5) is 43.4. The Morgan fingerprint density at radius 2 is 0.806 bits per heavy atom. The molecule has 7 aliphatic rings. The zero-order valence-corrected chi connectivity index (χ0v) is 85.6. The molecule has 17 heterocycles. The Morgan fingerprint density at radius 1 is 0.418 bits per heavy atom. The molecular weight excluding hydrogens is 2100 g/mol. The van der Waals surface area contributed by atoms with Crippen LogP contribution in [0.25, 0.3) is 45.1 Å². The van der Waals surface area contributed by atoms with Crippen molar-refractivity contribution in [2.75, 3.05) is 205 Å². The number of rotatable bonds is 25. The van der Waals surface area contributed by atoms with E-state index in [2.05, 4.69) is 229 Å². The Balaban J connectivity index is 0.000000124. The van der Waals surface area contributed by atoms with Crippen molar-refractivity contribution in [2.24, 2.45) is 23.5 Å². The molecular formula is C89H125Br6N35O4. The van der Waals surface area contributed by atoms with E-state index in [0.717, 1.165) is 262 Å². The molecule has 4 aliphatic heterocycles. The topological polar surface area (TPSA) is 468 Å². The molecule has 7 fully saturated rings. The average molecular weight is 2230 g/mol. The smallest absolute Gasteiger partial charge is 0.173 e. The van der Waals surface area contributed by atoms with Crippen molar-refractivity contribution < 1.29 is 20.1 Å². The van der Waals surface area contributed by atoms with Gasteiger partial charge in [0.25, 0.3) is 0 Å². The first-order valence-corrected chi connectivity index (χ1v) is 51.3. The normalized spacial score (nSPS) is 20.4. The minimum Gasteiger partial charge on any atom is -0.396 e. The zero-order chi connectivity index (χ0) is 93.7. The zero-order valence-electron chi connectivity index (χ0n) is 76.1. The summed E-state index contributed by atoms with van der Waals surface area (Å²) in [5, 5.41) is 79.5. The number of likely N-dealkylation sites (tertiary alicyclic amines) is 2. The predicted octanol–water partition coefficient (Wildman–Crippen LogP) is 12.3. The molecule has 18 N–H and O–H groups in total. The number of halogens is 6. The molecule has 3 aliphatic carbocycles. The summed E-state index contributed by atoms with van der Waals surface area (Å²) in [6.45, 7) is 16.2. The van der Waals surface area contributed by atoms with Gasteiger partial charge in [0.2, 0.25) is 0 Å². The van der Waals surface area contributed by atoms with Gasteiger partial charge in [-0.15, -0.1) is 0 Å². The van der Waals surface area contributed by atoms with E-state index in [-0.39, 0.29) is 49.9 Å². The minimum absolute atomic E-state index is 0.223. The molecule has 0 aromatic carbocycles. The number of ether oxygens (including phenoxy) is 1. The SMILES string of the molecule is CN(C)CCNc1cc(N[C@H]2CCCC[C@H]2CO)nc2c(Br)cnn12.CN1CCC(Nc2cc(N)n3ncc(Br)c3n2)CC1.Nc1cc(-c2ccncc2)nc2c(Br)cnn12.Nc1cc(N2CC[C@H](N)C2)nc2c(Br)cnn12.OC[C@@H]1CCCC[C@@H]1Nc1cc(NCCN2CCCCC2)n2ncc(Br)c2n1.OC[C@@H]1CCCC[C@@H]1Nc1cc(NCCN2CCOCC2)n2ncc(Br)c2n1. The number of piperidine rings is 2. The van der Waals surface area contributed by atoms with Gasteiger partial charge >= 0.3 is 0 Å². The third-order valence-electron chi connectivity index (χ3n) is 25.6. The molecule has 13 aromatic rings. The fourth-order valence-electron chi connectivity index (χ4n) is 18.1. The van der Waals surface area contributed by atoms with Gasteiger partial charge in [-0.05, 0) is 226 Å². The quantitative estimate of drug-likeness (QED) is 0.0253. The highest BCUT2D eigenvalue weighted by molar-refractivity contribution is 9.11. The Kier molecular flexibility index (Phi) is 36.0. The number of anilines is 11. The maximum atomic E-state index is 9.72. The number of fused-ring (bicyclic) bond motifs is 6. The number of morpholine rings is 1. The lowest BCUT2D eigenvalue weighted by Crippen LogP contribution is -2.39. The van der Waals surface area contributed by atoms with E-state index in [4.69, 9.17) is 42.6 Å². The summed E-state index contributed by atoms with van der Waals surface area (Å²) in [7, 11) is 6.26. The largest absolute Gasteiger partial charge is 0.396 e. The van der Waals surface area contributed by atoms with Crippen molar-refractivity contribution in [3.8, 4) is 11.3 Å². The van der Waals surface area contributed by atoms with Gasteiger partial charge in [0.1, 0.15) is 64.0 Å². The van der Waals surface area contributed by atoms with Crippen molar-refractivity contribution in [1.29, 1.82) is 0 Å². The molecule has 4 saturated heterocycles. The van der Waals surface area contributed by atoms with Gasteiger partial charge in [-0.3, -0.25) is 9.88 Å². The van der Waals surface area contributed by atoms with Crippen LogP contribution in [0.2, 0.25) is 0 Å². The lowest BCUT2D eigenvalue weighted by molar-refractivity contribution is 0.0398. The lowest BCUT2D eigenvalue weighted by atomic mass is 9.85. The highest BCUT2D eigenvalue weighted by Gasteiger charge is 2.31. The number of likely N-dealkylation sites (N-methyl/N-ethyl adjacent to an activating group) is 1. The van der Waals surface area contributed by atoms with Crippen LogP contribution < -0.4 is 65.1 Å². The number of hydrogen-bond donors (Lipinski definition) is 14. The molecule has 3 saturated carbocycles. The summed E-state index contributed by atoms with van der Waals surface area (Å²) in [5.74, 6) is 9.57. The van der Waals surface area contributed by atoms with Crippen LogP contribution in [0.5, 0.6) is 0 Å². The van der Waals surface area contributed by atoms with Crippen molar-refractivity contribution in [3.63, 3.8) is 0 Å². The Bertz CT molecular complexity index is 5790. The van der Waals surface area contributed by atoms with Gasteiger partial charge < -0.3 is 99.8 Å². The number of nitrogen functional groups attached to an aromatic ring is 3. The fourth-order valence-corrected chi connectivity index (χ4v) is 20.1. The summed E-state index contributed by atoms with van der Waals surface area (Å²) in [6, 6.07) is 16.8. The Hall–Kier alpha value is -8.81. The van der Waals surface area contributed by atoms with Crippen LogP contribution in [0.1, 0.15) is 116 Å². The summed E-state index contributed by atoms with van der Waals surface area (Å²) < 4.78 is 20.9. The van der Waals surface area contributed by atoms with E-state index in [9.17, 15) is 15.3 Å². The van der Waals surface area contributed by atoms with Gasteiger partial charge in [0.05, 0.1) is 82.9 Å². The maximum Gasteiger partial charge on any atom is 0.173 e. The van der Waals surface area contributed by atoms with Gasteiger partial charge in [-0.2, -0.15) is 57.7 Å². The second-order valence-corrected chi connectivity index (χ2v) is 40.6. The molecule has 0 spiro atoms. The molecule has 722 valence electrons. The standard InChI is InChI=1S/C20H31BrN6O.C19H29BrN6O2.C17H27BrN6O.C12H17BrN6.C11H8BrN5.C10H13BrN6/c21-16-13-23-27-19(22-8-11-26-9-4-1-5-10-26)12-18(25-20(16)27)24-17-7-3-2-6-15(17)14-28;20-15-12-22-26-18(21-5-6-25-7-9-28-10-8-25)11-17(24-19(15)26)23-16-4-2-1-3-14(16)13-27;1-23(2)8-7-19-16-9-15(22-17-13(18)10-20-24(16)17)21-14-6-4-3-5-12(14)11-25;1-18-4-2-8(3-5-18)16-11-6-10(14)19-12(17-11)9(13)7-15-19;12-8-6-15-17-10(13)5-9(16-11(8)17)7-1-3-14-4-2-7;11-7-4-14-17-8(13)3-9(15-10(7)17)16-2-1-6(12)5-16/h12-13,15,17,22,28H,1-11,14H2,(H,24,25);11-12,14,16,21,27H,1-10,13H2,(H,23,24);9-10,12,14,19,25H,3-8,11H2,1-2H3,(H,21,22);6-8H,2-5,14H2,1H3,(H,16,17);1-6H,13H2;3-4,6H,1-2,5,12-13H2/t15-,17-;14-,16-;12-,14-;;;6-/m000..0/s1. The van der Waals surface area contributed by atoms with Gasteiger partial charge in [0.15, 0.2) is 33.9 Å². The molecule has 0 amide bonds. The number of pyridine rings is 1. The number of nitrogens with one attached hydrogen (secondary N) is 7. The Labute approximate surface area is 829 Å². The van der Waals surface area contributed by atoms with Crippen LogP contribution in [0.15, 0.2) is 125 Å². The van der Waals surface area contributed by atoms with E-state index in [0.29, 0.717) is 41.0 Å². The van der Waals surface area contributed by atoms with E-state index in [1.165, 1.54) is 70.9 Å². The van der Waals surface area contributed by atoms with E-state index < -0.39 is 0 Å². The number of nitrogens with two attached hydrogens (primary N) is 4. The van der Waals surface area contributed by atoms with E-state index >= 15 is 0 Å². The van der Waals surface area contributed by atoms with Gasteiger partial charge in [-0.1, -0.05) is 44.9 Å². The summed E-state index contributed by atoms with van der Waals surface area (Å²) >= 11 is 20.9. The van der Waals surface area contributed by atoms with Crippen molar-refractivity contribution >= 4 is 193 Å². The number of aromatic nitrogens is 19. The first kappa shape index (κ1) is 99.7. The molecule has 13 aromatic heterocycles. The van der Waals surface area contributed by atoms with Crippen LogP contribution in [0.3, 0.4) is 0 Å². The molecule has 134 heavy (non-hydrogen) atoms. The third kappa shape index (κ3) is 26.2. The fraction of sp³-hybridized carbons (Fsp3) is 0.539. The molecule has 45 heteroatoms. The summed E-state index contributed by atoms with van der Waals surface area (Å²) in [6.07, 6.45) is 34.7. The number of aliphatic hydroxyl groups excluding tert-OH is 3. The lowest BCUT2D eigenvalue weighted by Gasteiger charge is -2.31. The van der Waals surface area contributed by atoms with E-state index in [1.54, 1.807) is 69.2 Å². The highest BCUT2D eigenvalue weighted by Crippen LogP contribution is 2.35. The summed E-state index contributed by atoms with van der Waals surface area (Å²) in [5.41, 5.74) is 30.1. The monoisotopic (exact) mass is 2220 g/mol. The van der Waals surface area contributed by atoms with Crippen molar-refractivity contribution in [1.82, 2.24) is 112 Å². The number of nitrogens with zero attached hydrogens (tertiary/aromatic N) is 24. The van der Waals surface area contributed by atoms with Crippen LogP contribution in [-0.4, -0.2) is 304 Å². The maximum absolute atomic E-state index is 9.72. The predicted molar refractivity (Wildman–Crippen MR) is 550 cm³/mol. The molecule has 0 radical (unpaired) electrons. The number of aliphatic hydroxyl groups is 3. The second-order valence-electron chi connectivity index (χ2n) is 35.4. The van der Waals surface area contributed by atoms with Gasteiger partial charge in [-0.25, -0.2) is 29.9 Å². The average Bonchev–Trinajstić information content (AvgIpc) is 1.64. The molecule has 0 unspecified atom stereocenters. The highest BCUT2D eigenvalue weighted by atomic mass is 79.9. The van der Waals surface area contributed by atoms with Gasteiger partial charge in [0, 0.05) is 188 Å². The van der Waals surface area contributed by atoms with Crippen LogP contribution in [0.4, 0.5) is 64.0 Å². The second kappa shape index (κ2) is 48.5. The van der Waals surface area contributed by atoms with Crippen molar-refractivity contribution in [2.45, 2.75) is 146 Å². The molecule has 0 bridgehead atoms. The van der Waals surface area contributed by atoms with E-state index in [1.807, 2.05) is 56.0 Å². The molecule has 7 atom stereocenters. The minimum atomic E-state index is 0.223. The van der Waals surface area contributed by atoms with Crippen LogP contribution >= 0.6 is 95.6 Å². The number of hydrogen-bond acceptors (Lipinski definition) is 33. The van der Waals surface area contributed by atoms with Crippen molar-refractivity contribution in [3.05, 3.63) is 125 Å². The first-order valence-electron chi connectivity index (χ1n) is 46.5. The van der Waals surface area contributed by atoms with Crippen LogP contribution in [-0.2, 0) is 4.74 Å².